The van der Waals surface area contributed by atoms with Crippen LogP contribution in [0.1, 0.15) is 44.9 Å². The zero-order valence-corrected chi connectivity index (χ0v) is 26.7. The summed E-state index contributed by atoms with van der Waals surface area (Å²) >= 11 is 0. The molecule has 2 aliphatic heterocycles. The Morgan fingerprint density at radius 3 is 2.19 bits per heavy atom. The summed E-state index contributed by atoms with van der Waals surface area (Å²) in [5.74, 6) is 2.81. The molecule has 8 rings (SSSR count). The number of ether oxygens (including phenoxy) is 4. The lowest BCUT2D eigenvalue weighted by atomic mass is 9.77. The lowest BCUT2D eigenvalue weighted by molar-refractivity contribution is 0.0198. The van der Waals surface area contributed by atoms with Crippen molar-refractivity contribution < 1.29 is 18.9 Å². The first kappa shape index (κ1) is 29.9. The molecule has 0 amide bonds. The molecule has 2 aliphatic rings. The quantitative estimate of drug-likeness (QED) is 0.151. The van der Waals surface area contributed by atoms with E-state index in [9.17, 15) is 0 Å². The van der Waals surface area contributed by atoms with Crippen LogP contribution in [0.5, 0.6) is 23.0 Å². The smallest absolute Gasteiger partial charge is 0.151 e. The Balaban J connectivity index is 1.03. The van der Waals surface area contributed by atoms with Gasteiger partial charge < -0.3 is 18.9 Å². The number of hydrogen-bond acceptors (Lipinski definition) is 7. The molecular weight excluding hydrogens is 598 g/mol. The fourth-order valence-corrected chi connectivity index (χ4v) is 6.75. The van der Waals surface area contributed by atoms with Gasteiger partial charge >= 0.3 is 0 Å². The van der Waals surface area contributed by atoms with Gasteiger partial charge in [0.25, 0.3) is 0 Å². The summed E-state index contributed by atoms with van der Waals surface area (Å²) < 4.78 is 25.1. The molecule has 1 atom stereocenters. The molecule has 238 valence electrons. The molecule has 7 nitrogen and oxygen atoms in total. The minimum absolute atomic E-state index is 0.320. The van der Waals surface area contributed by atoms with E-state index < -0.39 is 5.60 Å². The summed E-state index contributed by atoms with van der Waals surface area (Å²) in [7, 11) is 1.66. The molecule has 7 heteroatoms. The molecule has 0 bridgehead atoms. The third-order valence-corrected chi connectivity index (χ3v) is 8.96. The van der Waals surface area contributed by atoms with Crippen LogP contribution in [0.4, 0.5) is 0 Å². The van der Waals surface area contributed by atoms with Gasteiger partial charge in [0.2, 0.25) is 0 Å². The summed E-state index contributed by atoms with van der Waals surface area (Å²) in [6.07, 6.45) is 1.84. The second-order valence-corrected chi connectivity index (χ2v) is 12.1. The highest BCUT2D eigenvalue weighted by atomic mass is 16.5. The molecule has 1 unspecified atom stereocenters. The van der Waals surface area contributed by atoms with Crippen LogP contribution in [0.2, 0.25) is 0 Å². The summed E-state index contributed by atoms with van der Waals surface area (Å²) in [6, 6.07) is 42.9. The first-order valence-corrected chi connectivity index (χ1v) is 16.1. The highest BCUT2D eigenvalue weighted by molar-refractivity contribution is 5.65. The summed E-state index contributed by atoms with van der Waals surface area (Å²) in [5.41, 5.74) is 7.52. The summed E-state index contributed by atoms with van der Waals surface area (Å²) in [6.45, 7) is 3.03. The number of benzene rings is 4. The SMILES string of the molecule is COc1ccc2c(c1)Oc1cc(OCc3cccc(CN(Cc4ccccc4)Cc4ccccn4)n3)ccc1C21OCc2ccccc21. The van der Waals surface area contributed by atoms with Gasteiger partial charge in [-0.1, -0.05) is 66.7 Å². The zero-order chi connectivity index (χ0) is 32.3. The minimum Gasteiger partial charge on any atom is -0.497 e. The van der Waals surface area contributed by atoms with Crippen LogP contribution in [0, 0.1) is 0 Å². The predicted molar refractivity (Wildman–Crippen MR) is 183 cm³/mol. The maximum atomic E-state index is 6.69. The van der Waals surface area contributed by atoms with Crippen LogP contribution in [0.15, 0.2) is 134 Å². The van der Waals surface area contributed by atoms with E-state index in [1.165, 1.54) is 11.1 Å². The highest BCUT2D eigenvalue weighted by Gasteiger charge is 2.49. The van der Waals surface area contributed by atoms with Gasteiger partial charge in [-0.3, -0.25) is 14.9 Å². The molecule has 2 aromatic heterocycles. The van der Waals surface area contributed by atoms with E-state index in [0.717, 1.165) is 52.6 Å². The molecule has 48 heavy (non-hydrogen) atoms. The Morgan fingerprint density at radius 1 is 0.667 bits per heavy atom. The lowest BCUT2D eigenvalue weighted by Crippen LogP contribution is -2.32. The van der Waals surface area contributed by atoms with E-state index in [1.54, 1.807) is 7.11 Å². The van der Waals surface area contributed by atoms with Gasteiger partial charge in [-0.05, 0) is 65.2 Å². The number of aromatic nitrogens is 2. The highest BCUT2D eigenvalue weighted by Crippen LogP contribution is 2.57. The van der Waals surface area contributed by atoms with Crippen molar-refractivity contribution in [1.82, 2.24) is 14.9 Å². The normalized spacial score (nSPS) is 15.8. The Morgan fingerprint density at radius 2 is 1.38 bits per heavy atom. The molecule has 0 radical (unpaired) electrons. The number of rotatable bonds is 10. The fraction of sp³-hybridized carbons (Fsp3) is 0.171. The van der Waals surface area contributed by atoms with E-state index in [-0.39, 0.29) is 0 Å². The number of hydrogen-bond donors (Lipinski definition) is 0. The van der Waals surface area contributed by atoms with E-state index in [4.69, 9.17) is 23.9 Å². The van der Waals surface area contributed by atoms with Gasteiger partial charge in [0, 0.05) is 49.1 Å². The number of fused-ring (bicyclic) bond motifs is 6. The topological polar surface area (TPSA) is 65.9 Å². The summed E-state index contributed by atoms with van der Waals surface area (Å²) in [4.78, 5) is 11.9. The molecule has 0 aliphatic carbocycles. The van der Waals surface area contributed by atoms with Crippen LogP contribution in [-0.4, -0.2) is 22.0 Å². The average Bonchev–Trinajstić information content (AvgIpc) is 3.51. The van der Waals surface area contributed by atoms with E-state index >= 15 is 0 Å². The van der Waals surface area contributed by atoms with Crippen molar-refractivity contribution in [2.45, 2.75) is 38.4 Å². The van der Waals surface area contributed by atoms with Crippen molar-refractivity contribution >= 4 is 0 Å². The van der Waals surface area contributed by atoms with Gasteiger partial charge in [0.05, 0.1) is 30.8 Å². The van der Waals surface area contributed by atoms with Crippen LogP contribution in [0.25, 0.3) is 0 Å². The van der Waals surface area contributed by atoms with Gasteiger partial charge in [-0.25, -0.2) is 0 Å². The van der Waals surface area contributed by atoms with Crippen molar-refractivity contribution in [3.05, 3.63) is 178 Å². The maximum Gasteiger partial charge on any atom is 0.151 e. The van der Waals surface area contributed by atoms with Gasteiger partial charge in [0.1, 0.15) is 29.6 Å². The molecule has 0 N–H and O–H groups in total. The van der Waals surface area contributed by atoms with E-state index in [1.807, 2.05) is 66.9 Å². The first-order chi connectivity index (χ1) is 23.7. The number of nitrogens with zero attached hydrogens (tertiary/aromatic N) is 3. The van der Waals surface area contributed by atoms with Crippen LogP contribution in [-0.2, 0) is 43.2 Å². The molecule has 0 saturated heterocycles. The minimum atomic E-state index is -0.777. The van der Waals surface area contributed by atoms with Crippen molar-refractivity contribution in [2.75, 3.05) is 7.11 Å². The van der Waals surface area contributed by atoms with Gasteiger partial charge in [-0.2, -0.15) is 0 Å². The van der Waals surface area contributed by atoms with E-state index in [0.29, 0.717) is 37.0 Å². The Bertz CT molecular complexity index is 2010. The van der Waals surface area contributed by atoms with Crippen LogP contribution < -0.4 is 14.2 Å². The fourth-order valence-electron chi connectivity index (χ4n) is 6.75. The Hall–Kier alpha value is -5.50. The van der Waals surface area contributed by atoms with E-state index in [2.05, 4.69) is 76.6 Å². The number of methoxy groups -OCH3 is 1. The van der Waals surface area contributed by atoms with Crippen LogP contribution >= 0.6 is 0 Å². The van der Waals surface area contributed by atoms with Crippen molar-refractivity contribution in [2.24, 2.45) is 0 Å². The average molecular weight is 634 g/mol. The van der Waals surface area contributed by atoms with Gasteiger partial charge in [-0.15, -0.1) is 0 Å². The molecule has 0 saturated carbocycles. The second kappa shape index (κ2) is 13.0. The zero-order valence-electron chi connectivity index (χ0n) is 26.7. The maximum absolute atomic E-state index is 6.69. The molecular formula is C41H35N3O4. The predicted octanol–water partition coefficient (Wildman–Crippen LogP) is 8.19. The number of pyridine rings is 2. The standard InChI is InChI=1S/C41H35N3O4/c1-45-34-17-19-37-39(22-34)48-40-23-35(18-20-38(40)41(37)36-16-6-5-12-30(36)27-47-41)46-28-33-15-9-14-32(43-33)26-44(24-29-10-3-2-4-11-29)25-31-13-7-8-21-42-31/h2-23H,24-28H2,1H3. The third-order valence-electron chi connectivity index (χ3n) is 8.96. The Labute approximate surface area is 280 Å². The molecule has 6 aromatic rings. The van der Waals surface area contributed by atoms with Crippen LogP contribution in [0.3, 0.4) is 0 Å². The monoisotopic (exact) mass is 633 g/mol. The molecule has 0 fully saturated rings. The second-order valence-electron chi connectivity index (χ2n) is 12.1. The first-order valence-electron chi connectivity index (χ1n) is 16.1. The molecule has 1 spiro atoms. The van der Waals surface area contributed by atoms with Crippen molar-refractivity contribution in [3.8, 4) is 23.0 Å². The lowest BCUT2D eigenvalue weighted by Gasteiger charge is -2.37. The third kappa shape index (κ3) is 5.79. The van der Waals surface area contributed by atoms with Crippen molar-refractivity contribution in [1.29, 1.82) is 0 Å². The largest absolute Gasteiger partial charge is 0.497 e. The Kier molecular flexibility index (Phi) is 8.06. The summed E-state index contributed by atoms with van der Waals surface area (Å²) in [5, 5.41) is 0. The van der Waals surface area contributed by atoms with Crippen molar-refractivity contribution in [3.63, 3.8) is 0 Å². The molecule has 4 aromatic carbocycles. The molecule has 4 heterocycles. The van der Waals surface area contributed by atoms with Gasteiger partial charge in [0.15, 0.2) is 5.60 Å².